The van der Waals surface area contributed by atoms with Crippen molar-refractivity contribution < 1.29 is 19.6 Å². The van der Waals surface area contributed by atoms with Gasteiger partial charge >= 0.3 is 11.7 Å². The Bertz CT molecular complexity index is 547. The third-order valence-corrected chi connectivity index (χ3v) is 3.40. The summed E-state index contributed by atoms with van der Waals surface area (Å²) in [6.45, 7) is 2.02. The van der Waals surface area contributed by atoms with Crippen molar-refractivity contribution in [2.45, 2.75) is 25.3 Å². The Morgan fingerprint density at radius 2 is 2.40 bits per heavy atom. The van der Waals surface area contributed by atoms with Crippen molar-refractivity contribution in [3.8, 4) is 0 Å². The number of nitro groups is 1. The van der Waals surface area contributed by atoms with Crippen LogP contribution in [0.15, 0.2) is 0 Å². The third kappa shape index (κ3) is 2.20. The van der Waals surface area contributed by atoms with Crippen LogP contribution in [0.5, 0.6) is 0 Å². The average molecular weight is 284 g/mol. The maximum Gasteiger partial charge on any atom is 0.334 e. The minimum absolute atomic E-state index is 0.0356. The predicted octanol–water partition coefficient (Wildman–Crippen LogP) is 0.546. The second-order valence-corrected chi connectivity index (χ2v) is 4.69. The lowest BCUT2D eigenvalue weighted by atomic mass is 9.99. The Kier molecular flexibility index (Phi) is 3.62. The summed E-state index contributed by atoms with van der Waals surface area (Å²) in [5, 5.41) is 27.4. The fourth-order valence-corrected chi connectivity index (χ4v) is 2.25. The highest BCUT2D eigenvalue weighted by molar-refractivity contribution is 5.84. The lowest BCUT2D eigenvalue weighted by molar-refractivity contribution is -0.384. The molecule has 2 heterocycles. The summed E-state index contributed by atoms with van der Waals surface area (Å²) in [5.74, 6) is -0.997. The van der Waals surface area contributed by atoms with Gasteiger partial charge in [0.25, 0.3) is 0 Å². The smallest absolute Gasteiger partial charge is 0.334 e. The molecule has 0 bridgehead atoms. The van der Waals surface area contributed by atoms with Gasteiger partial charge in [-0.15, -0.1) is 0 Å². The Morgan fingerprint density at radius 3 is 2.85 bits per heavy atom. The van der Waals surface area contributed by atoms with E-state index in [1.54, 1.807) is 14.0 Å². The van der Waals surface area contributed by atoms with Gasteiger partial charge in [0.1, 0.15) is 5.69 Å². The quantitative estimate of drug-likeness (QED) is 0.598. The van der Waals surface area contributed by atoms with Crippen LogP contribution >= 0.6 is 0 Å². The zero-order valence-electron chi connectivity index (χ0n) is 11.3. The number of carboxylic acids is 1. The van der Waals surface area contributed by atoms with E-state index in [0.717, 1.165) is 0 Å². The largest absolute Gasteiger partial charge is 0.479 e. The third-order valence-electron chi connectivity index (χ3n) is 3.40. The van der Waals surface area contributed by atoms with Gasteiger partial charge in [0.05, 0.1) is 11.5 Å². The molecule has 1 aliphatic rings. The summed E-state index contributed by atoms with van der Waals surface area (Å²) < 4.78 is 6.43. The summed E-state index contributed by atoms with van der Waals surface area (Å²) in [4.78, 5) is 22.1. The highest BCUT2D eigenvalue weighted by atomic mass is 16.6. The fraction of sp³-hybridized carbons (Fsp3) is 0.636. The molecular weight excluding hydrogens is 268 g/mol. The van der Waals surface area contributed by atoms with Crippen LogP contribution in [-0.2, 0) is 23.0 Å². The monoisotopic (exact) mass is 284 g/mol. The molecule has 9 heteroatoms. The van der Waals surface area contributed by atoms with Crippen LogP contribution in [0.1, 0.15) is 19.0 Å². The Morgan fingerprint density at radius 1 is 1.70 bits per heavy atom. The van der Waals surface area contributed by atoms with Gasteiger partial charge in [0, 0.05) is 20.1 Å². The van der Waals surface area contributed by atoms with Gasteiger partial charge in [0.2, 0.25) is 5.82 Å². The first kappa shape index (κ1) is 14.3. The SMILES string of the molecule is CCc1nn(C)c(NC2(C(=O)O)CCOC2)c1[N+](=O)[O-]. The van der Waals surface area contributed by atoms with Crippen molar-refractivity contribution in [1.82, 2.24) is 9.78 Å². The molecule has 1 fully saturated rings. The number of carbonyl (C=O) groups is 1. The molecular formula is C11H16N4O5. The number of aromatic nitrogens is 2. The van der Waals surface area contributed by atoms with Crippen LogP contribution in [0.25, 0.3) is 0 Å². The topological polar surface area (TPSA) is 120 Å². The number of aryl methyl sites for hydroxylation is 2. The van der Waals surface area contributed by atoms with Gasteiger partial charge in [-0.3, -0.25) is 10.1 Å². The van der Waals surface area contributed by atoms with Gasteiger partial charge < -0.3 is 15.2 Å². The van der Waals surface area contributed by atoms with Crippen LogP contribution < -0.4 is 5.32 Å². The maximum absolute atomic E-state index is 11.5. The molecule has 1 unspecified atom stereocenters. The molecule has 9 nitrogen and oxygen atoms in total. The van der Waals surface area contributed by atoms with E-state index in [9.17, 15) is 20.0 Å². The Labute approximate surface area is 114 Å². The zero-order valence-corrected chi connectivity index (χ0v) is 11.3. The second-order valence-electron chi connectivity index (χ2n) is 4.69. The van der Waals surface area contributed by atoms with E-state index < -0.39 is 16.4 Å². The minimum atomic E-state index is -1.34. The van der Waals surface area contributed by atoms with Gasteiger partial charge in [-0.2, -0.15) is 5.10 Å². The molecule has 1 saturated heterocycles. The normalized spacial score (nSPS) is 21.9. The summed E-state index contributed by atoms with van der Waals surface area (Å²) in [6.07, 6.45) is 0.633. The Hall–Kier alpha value is -2.16. The van der Waals surface area contributed by atoms with E-state index in [-0.39, 0.29) is 24.5 Å². The maximum atomic E-state index is 11.5. The van der Waals surface area contributed by atoms with E-state index in [1.807, 2.05) is 0 Å². The molecule has 0 spiro atoms. The molecule has 0 amide bonds. The molecule has 0 radical (unpaired) electrons. The van der Waals surface area contributed by atoms with Crippen LogP contribution in [-0.4, -0.2) is 44.5 Å². The number of anilines is 1. The fourth-order valence-electron chi connectivity index (χ4n) is 2.25. The highest BCUT2D eigenvalue weighted by Gasteiger charge is 2.45. The van der Waals surface area contributed by atoms with Crippen LogP contribution in [0.3, 0.4) is 0 Å². The van der Waals surface area contributed by atoms with Crippen molar-refractivity contribution in [1.29, 1.82) is 0 Å². The van der Waals surface area contributed by atoms with E-state index in [4.69, 9.17) is 4.74 Å². The van der Waals surface area contributed by atoms with Crippen molar-refractivity contribution >= 4 is 17.5 Å². The number of ether oxygens (including phenoxy) is 1. The molecule has 110 valence electrons. The first-order valence-electron chi connectivity index (χ1n) is 6.21. The van der Waals surface area contributed by atoms with Crippen molar-refractivity contribution in [3.63, 3.8) is 0 Å². The van der Waals surface area contributed by atoms with Gasteiger partial charge in [-0.05, 0) is 6.42 Å². The van der Waals surface area contributed by atoms with Crippen molar-refractivity contribution in [2.75, 3.05) is 18.5 Å². The van der Waals surface area contributed by atoms with E-state index in [0.29, 0.717) is 18.7 Å². The molecule has 20 heavy (non-hydrogen) atoms. The molecule has 0 saturated carbocycles. The summed E-state index contributed by atoms with van der Waals surface area (Å²) in [7, 11) is 1.54. The number of rotatable bonds is 5. The molecule has 0 aliphatic carbocycles. The van der Waals surface area contributed by atoms with Gasteiger partial charge in [-0.1, -0.05) is 6.92 Å². The van der Waals surface area contributed by atoms with Crippen molar-refractivity contribution in [2.24, 2.45) is 7.05 Å². The zero-order chi connectivity index (χ0) is 14.9. The number of hydrogen-bond donors (Lipinski definition) is 2. The standard InChI is InChI=1S/C11H16N4O5/c1-3-7-8(15(18)19)9(14(2)13-7)12-11(10(16)17)4-5-20-6-11/h12H,3-6H2,1-2H3,(H,16,17). The number of aliphatic carboxylic acids is 1. The summed E-state index contributed by atoms with van der Waals surface area (Å²) in [6, 6.07) is 0. The number of nitrogens with one attached hydrogen (secondary N) is 1. The van der Waals surface area contributed by atoms with Crippen LogP contribution in [0, 0.1) is 10.1 Å². The second kappa shape index (κ2) is 5.08. The molecule has 2 rings (SSSR count). The minimum Gasteiger partial charge on any atom is -0.479 e. The number of hydrogen-bond acceptors (Lipinski definition) is 6. The van der Waals surface area contributed by atoms with Gasteiger partial charge in [-0.25, -0.2) is 9.48 Å². The first-order valence-corrected chi connectivity index (χ1v) is 6.21. The summed E-state index contributed by atoms with van der Waals surface area (Å²) >= 11 is 0. The van der Waals surface area contributed by atoms with Crippen LogP contribution in [0.4, 0.5) is 11.5 Å². The molecule has 2 N–H and O–H groups in total. The summed E-state index contributed by atoms with van der Waals surface area (Å²) in [5.41, 5.74) is -1.20. The highest BCUT2D eigenvalue weighted by Crippen LogP contribution is 2.33. The van der Waals surface area contributed by atoms with Gasteiger partial charge in [0.15, 0.2) is 5.54 Å². The van der Waals surface area contributed by atoms with Crippen LogP contribution in [0.2, 0.25) is 0 Å². The molecule has 1 atom stereocenters. The molecule has 0 aromatic carbocycles. The van der Waals surface area contributed by atoms with E-state index in [1.165, 1.54) is 4.68 Å². The number of nitrogens with zero attached hydrogens (tertiary/aromatic N) is 3. The Balaban J connectivity index is 2.45. The lowest BCUT2D eigenvalue weighted by Crippen LogP contribution is -2.47. The molecule has 1 aliphatic heterocycles. The average Bonchev–Trinajstić information content (AvgIpc) is 2.96. The predicted molar refractivity (Wildman–Crippen MR) is 68.7 cm³/mol. The first-order chi connectivity index (χ1) is 9.41. The molecule has 1 aromatic heterocycles. The number of carboxylic acid groups (broad SMARTS) is 1. The van der Waals surface area contributed by atoms with E-state index >= 15 is 0 Å². The lowest BCUT2D eigenvalue weighted by Gasteiger charge is -2.24. The molecule has 1 aromatic rings. The van der Waals surface area contributed by atoms with E-state index in [2.05, 4.69) is 10.4 Å². The van der Waals surface area contributed by atoms with Crippen molar-refractivity contribution in [3.05, 3.63) is 15.8 Å².